The van der Waals surface area contributed by atoms with Gasteiger partial charge in [0, 0.05) is 24.8 Å². The second-order valence-corrected chi connectivity index (χ2v) is 5.17. The van der Waals surface area contributed by atoms with Crippen molar-refractivity contribution < 1.29 is 14.3 Å². The Morgan fingerprint density at radius 3 is 2.79 bits per heavy atom. The maximum atomic E-state index is 13.7. The van der Waals surface area contributed by atoms with Crippen LogP contribution >= 0.6 is 0 Å². The largest absolute Gasteiger partial charge is 0.478 e. The van der Waals surface area contributed by atoms with Gasteiger partial charge in [-0.3, -0.25) is 0 Å². The first-order chi connectivity index (χ1) is 8.99. The number of likely N-dealkylation sites (N-methyl/N-ethyl adjacent to an activating group) is 1. The van der Waals surface area contributed by atoms with Crippen molar-refractivity contribution in [1.82, 2.24) is 4.90 Å². The Kier molecular flexibility index (Phi) is 4.04. The number of hydrogen-bond acceptors (Lipinski definition) is 3. The van der Waals surface area contributed by atoms with Gasteiger partial charge in [0.05, 0.1) is 5.56 Å². The van der Waals surface area contributed by atoms with Crippen LogP contribution in [0.4, 0.5) is 10.1 Å². The highest BCUT2D eigenvalue weighted by Crippen LogP contribution is 2.23. The Bertz CT molecular complexity index is 477. The Morgan fingerprint density at radius 1 is 1.47 bits per heavy atom. The highest BCUT2D eigenvalue weighted by Gasteiger charge is 2.22. The molecule has 1 N–H and O–H groups in total. The van der Waals surface area contributed by atoms with Gasteiger partial charge in [-0.05, 0) is 45.1 Å². The summed E-state index contributed by atoms with van der Waals surface area (Å²) in [5, 5.41) is 8.82. The summed E-state index contributed by atoms with van der Waals surface area (Å²) in [5.74, 6) is -1.90. The van der Waals surface area contributed by atoms with Crippen molar-refractivity contribution >= 4 is 11.7 Å². The first-order valence-corrected chi connectivity index (χ1v) is 6.43. The van der Waals surface area contributed by atoms with Crippen LogP contribution in [0.15, 0.2) is 18.2 Å². The lowest BCUT2D eigenvalue weighted by Crippen LogP contribution is -2.45. The van der Waals surface area contributed by atoms with Crippen LogP contribution in [0.25, 0.3) is 0 Å². The molecular weight excluding hydrogens is 247 g/mol. The number of rotatable bonds is 3. The molecule has 1 fully saturated rings. The number of carbonyl (C=O) groups is 1. The fraction of sp³-hybridized carbons (Fsp3) is 0.500. The van der Waals surface area contributed by atoms with E-state index in [2.05, 4.69) is 9.80 Å². The minimum atomic E-state index is -1.23. The predicted molar refractivity (Wildman–Crippen MR) is 72.3 cm³/mol. The number of benzene rings is 1. The van der Waals surface area contributed by atoms with Crippen molar-refractivity contribution in [3.63, 3.8) is 0 Å². The summed E-state index contributed by atoms with van der Waals surface area (Å²) in [7, 11) is 4.09. The third-order valence-electron chi connectivity index (χ3n) is 3.68. The van der Waals surface area contributed by atoms with Crippen LogP contribution in [0, 0.1) is 5.82 Å². The van der Waals surface area contributed by atoms with Gasteiger partial charge < -0.3 is 14.9 Å². The van der Waals surface area contributed by atoms with Crippen LogP contribution in [-0.4, -0.2) is 49.2 Å². The summed E-state index contributed by atoms with van der Waals surface area (Å²) in [5.41, 5.74) is 0.485. The number of aromatic carboxylic acids is 1. The second-order valence-electron chi connectivity index (χ2n) is 5.17. The molecule has 1 aromatic carbocycles. The lowest BCUT2D eigenvalue weighted by Gasteiger charge is -2.37. The molecule has 5 heteroatoms. The molecule has 1 atom stereocenters. The summed E-state index contributed by atoms with van der Waals surface area (Å²) >= 11 is 0. The van der Waals surface area contributed by atoms with E-state index in [9.17, 15) is 9.18 Å². The van der Waals surface area contributed by atoms with Crippen LogP contribution in [0.3, 0.4) is 0 Å². The van der Waals surface area contributed by atoms with E-state index < -0.39 is 11.8 Å². The number of carboxylic acid groups (broad SMARTS) is 1. The predicted octanol–water partition coefficient (Wildman–Crippen LogP) is 2.05. The Morgan fingerprint density at radius 2 is 2.21 bits per heavy atom. The molecule has 1 unspecified atom stereocenters. The molecule has 1 aliphatic heterocycles. The molecule has 19 heavy (non-hydrogen) atoms. The average Bonchev–Trinajstić information content (AvgIpc) is 2.38. The minimum absolute atomic E-state index is 0.273. The van der Waals surface area contributed by atoms with Crippen LogP contribution < -0.4 is 4.90 Å². The fourth-order valence-corrected chi connectivity index (χ4v) is 2.48. The van der Waals surface area contributed by atoms with Crippen LogP contribution in [0.1, 0.15) is 23.2 Å². The number of halogens is 1. The highest BCUT2D eigenvalue weighted by molar-refractivity contribution is 5.88. The molecule has 0 aromatic heterocycles. The summed E-state index contributed by atoms with van der Waals surface area (Å²) in [6.45, 7) is 1.73. The quantitative estimate of drug-likeness (QED) is 0.909. The molecule has 0 radical (unpaired) electrons. The summed E-state index contributed by atoms with van der Waals surface area (Å²) in [4.78, 5) is 15.1. The Hall–Kier alpha value is -1.62. The van der Waals surface area contributed by atoms with Crippen molar-refractivity contribution in [3.05, 3.63) is 29.6 Å². The zero-order chi connectivity index (χ0) is 14.0. The summed E-state index contributed by atoms with van der Waals surface area (Å²) in [6, 6.07) is 4.80. The monoisotopic (exact) mass is 266 g/mol. The van der Waals surface area contributed by atoms with E-state index in [1.54, 1.807) is 6.07 Å². The topological polar surface area (TPSA) is 43.8 Å². The van der Waals surface area contributed by atoms with Gasteiger partial charge in [-0.25, -0.2) is 9.18 Å². The molecular formula is C14H19FN2O2. The van der Waals surface area contributed by atoms with Gasteiger partial charge in [0.1, 0.15) is 5.82 Å². The summed E-state index contributed by atoms with van der Waals surface area (Å²) < 4.78 is 13.7. The molecule has 1 heterocycles. The third-order valence-corrected chi connectivity index (χ3v) is 3.68. The van der Waals surface area contributed by atoms with Gasteiger partial charge in [-0.2, -0.15) is 0 Å². The van der Waals surface area contributed by atoms with Gasteiger partial charge in [0.15, 0.2) is 0 Å². The highest BCUT2D eigenvalue weighted by atomic mass is 19.1. The van der Waals surface area contributed by atoms with E-state index in [0.717, 1.165) is 31.6 Å². The van der Waals surface area contributed by atoms with E-state index in [1.165, 1.54) is 12.1 Å². The Labute approximate surface area is 112 Å². The van der Waals surface area contributed by atoms with Crippen LogP contribution in [0.2, 0.25) is 0 Å². The summed E-state index contributed by atoms with van der Waals surface area (Å²) in [6.07, 6.45) is 2.20. The average molecular weight is 266 g/mol. The number of carboxylic acids is 1. The minimum Gasteiger partial charge on any atom is -0.478 e. The van der Waals surface area contributed by atoms with Gasteiger partial charge >= 0.3 is 5.97 Å². The fourth-order valence-electron chi connectivity index (χ4n) is 2.48. The molecule has 1 saturated heterocycles. The van der Waals surface area contributed by atoms with E-state index in [-0.39, 0.29) is 5.56 Å². The molecule has 2 rings (SSSR count). The standard InChI is InChI=1S/C14H19FN2O2/c1-16(2)11-4-3-7-17(9-11)10-5-6-12(14(18)19)13(15)8-10/h5-6,8,11H,3-4,7,9H2,1-2H3,(H,18,19). The van der Waals surface area contributed by atoms with Crippen LogP contribution in [0.5, 0.6) is 0 Å². The molecule has 1 aromatic rings. The van der Waals surface area contributed by atoms with Gasteiger partial charge in [-0.1, -0.05) is 0 Å². The van der Waals surface area contributed by atoms with E-state index in [1.807, 2.05) is 14.1 Å². The van der Waals surface area contributed by atoms with Gasteiger partial charge in [0.2, 0.25) is 0 Å². The maximum Gasteiger partial charge on any atom is 0.338 e. The van der Waals surface area contributed by atoms with Gasteiger partial charge in [-0.15, -0.1) is 0 Å². The van der Waals surface area contributed by atoms with E-state index >= 15 is 0 Å². The molecule has 104 valence electrons. The van der Waals surface area contributed by atoms with Crippen molar-refractivity contribution in [1.29, 1.82) is 0 Å². The number of nitrogens with zero attached hydrogens (tertiary/aromatic N) is 2. The van der Waals surface area contributed by atoms with E-state index in [4.69, 9.17) is 5.11 Å². The number of piperidine rings is 1. The molecule has 0 aliphatic carbocycles. The normalized spacial score (nSPS) is 19.8. The molecule has 0 bridgehead atoms. The zero-order valence-corrected chi connectivity index (χ0v) is 11.3. The van der Waals surface area contributed by atoms with E-state index in [0.29, 0.717) is 6.04 Å². The zero-order valence-electron chi connectivity index (χ0n) is 11.3. The smallest absolute Gasteiger partial charge is 0.338 e. The maximum absolute atomic E-state index is 13.7. The van der Waals surface area contributed by atoms with Crippen molar-refractivity contribution in [2.24, 2.45) is 0 Å². The molecule has 0 saturated carbocycles. The third kappa shape index (κ3) is 3.04. The molecule has 0 spiro atoms. The Balaban J connectivity index is 2.18. The molecule has 4 nitrogen and oxygen atoms in total. The second kappa shape index (κ2) is 5.57. The first-order valence-electron chi connectivity index (χ1n) is 6.43. The molecule has 0 amide bonds. The van der Waals surface area contributed by atoms with Gasteiger partial charge in [0.25, 0.3) is 0 Å². The number of anilines is 1. The van der Waals surface area contributed by atoms with Crippen LogP contribution in [-0.2, 0) is 0 Å². The van der Waals surface area contributed by atoms with Crippen molar-refractivity contribution in [2.45, 2.75) is 18.9 Å². The van der Waals surface area contributed by atoms with Crippen molar-refractivity contribution in [3.8, 4) is 0 Å². The lowest BCUT2D eigenvalue weighted by atomic mass is 10.0. The number of hydrogen-bond donors (Lipinski definition) is 1. The first kappa shape index (κ1) is 13.8. The SMILES string of the molecule is CN(C)C1CCCN(c2ccc(C(=O)O)c(F)c2)C1. The van der Waals surface area contributed by atoms with Crippen molar-refractivity contribution in [2.75, 3.05) is 32.1 Å². The molecule has 1 aliphatic rings. The lowest BCUT2D eigenvalue weighted by molar-refractivity contribution is 0.0692.